The summed E-state index contributed by atoms with van der Waals surface area (Å²) in [7, 11) is 0. The van der Waals surface area contributed by atoms with Crippen LogP contribution in [0.3, 0.4) is 0 Å². The molecular weight excluding hydrogens is 386 g/mol. The monoisotopic (exact) mass is 401 g/mol. The fourth-order valence-corrected chi connectivity index (χ4v) is 3.00. The van der Waals surface area contributed by atoms with Crippen LogP contribution in [0.2, 0.25) is 0 Å². The number of aliphatic imine (C=N–C) groups is 1. The first kappa shape index (κ1) is 20.2. The van der Waals surface area contributed by atoms with Crippen molar-refractivity contribution in [3.05, 3.63) is 70.5 Å². The summed E-state index contributed by atoms with van der Waals surface area (Å²) in [6.45, 7) is 1.37. The molecule has 29 heavy (non-hydrogen) atoms. The van der Waals surface area contributed by atoms with E-state index in [9.17, 15) is 17.6 Å². The summed E-state index contributed by atoms with van der Waals surface area (Å²) in [6, 6.07) is 11.8. The van der Waals surface area contributed by atoms with Crippen molar-refractivity contribution in [3.63, 3.8) is 0 Å². The quantitative estimate of drug-likeness (QED) is 0.581. The van der Waals surface area contributed by atoms with Crippen LogP contribution >= 0.6 is 0 Å². The molecule has 0 saturated heterocycles. The number of alkyl halides is 3. The molecule has 1 aliphatic heterocycles. The maximum atomic E-state index is 14.5. The van der Waals surface area contributed by atoms with Gasteiger partial charge in [0.1, 0.15) is 5.82 Å². The van der Waals surface area contributed by atoms with Crippen molar-refractivity contribution >= 4 is 6.02 Å². The van der Waals surface area contributed by atoms with E-state index in [4.69, 9.17) is 11.0 Å². The van der Waals surface area contributed by atoms with Gasteiger partial charge in [0.05, 0.1) is 17.2 Å². The summed E-state index contributed by atoms with van der Waals surface area (Å²) in [5.74, 6) is 5.00. The largest absolute Gasteiger partial charge is 0.452 e. The first-order chi connectivity index (χ1) is 13.6. The maximum absolute atomic E-state index is 14.5. The lowest BCUT2D eigenvalue weighted by Crippen LogP contribution is -2.46. The average Bonchev–Trinajstić information content (AvgIpc) is 2.66. The van der Waals surface area contributed by atoms with Crippen LogP contribution in [0.25, 0.3) is 0 Å². The molecule has 4 nitrogen and oxygen atoms in total. The third kappa shape index (κ3) is 4.49. The molecule has 0 unspecified atom stereocenters. The first-order valence-corrected chi connectivity index (χ1v) is 8.52. The molecule has 2 aromatic rings. The van der Waals surface area contributed by atoms with Crippen molar-refractivity contribution in [2.24, 2.45) is 10.7 Å². The number of ether oxygens (including phenoxy) is 1. The van der Waals surface area contributed by atoms with E-state index in [1.807, 2.05) is 6.07 Å². The van der Waals surface area contributed by atoms with E-state index >= 15 is 0 Å². The minimum absolute atomic E-state index is 0.0513. The molecule has 2 aromatic carbocycles. The van der Waals surface area contributed by atoms with Gasteiger partial charge in [-0.2, -0.15) is 18.4 Å². The predicted molar refractivity (Wildman–Crippen MR) is 98.1 cm³/mol. The minimum atomic E-state index is -4.66. The zero-order valence-electron chi connectivity index (χ0n) is 15.2. The Kier molecular flexibility index (Phi) is 5.21. The molecule has 2 atom stereocenters. The molecular formula is C21H15F4N3O. The molecule has 0 radical (unpaired) electrons. The maximum Gasteiger partial charge on any atom is 0.425 e. The second-order valence-electron chi connectivity index (χ2n) is 6.71. The summed E-state index contributed by atoms with van der Waals surface area (Å²) in [5.41, 5.74) is 5.35. The highest BCUT2D eigenvalue weighted by atomic mass is 19.4. The van der Waals surface area contributed by atoms with Gasteiger partial charge in [-0.15, -0.1) is 0 Å². The molecule has 0 amide bonds. The van der Waals surface area contributed by atoms with Crippen LogP contribution in [0.4, 0.5) is 17.6 Å². The van der Waals surface area contributed by atoms with Gasteiger partial charge in [0.2, 0.25) is 0 Å². The third-order valence-electron chi connectivity index (χ3n) is 4.48. The Balaban J connectivity index is 1.96. The van der Waals surface area contributed by atoms with Crippen molar-refractivity contribution in [2.45, 2.75) is 31.2 Å². The predicted octanol–water partition coefficient (Wildman–Crippen LogP) is 3.98. The standard InChI is InChI=1S/C21H15F4N3O/c1-20(11-18(21(23,24)25)29-19(27)28-20)16-10-14(8-9-17(16)22)5-2-13-3-6-15(12-26)7-4-13/h3-4,6-10,18H,11H2,1H3,(H2,27,28)/t18-,20+/m0/s1. The molecule has 3 rings (SSSR count). The van der Waals surface area contributed by atoms with Crippen molar-refractivity contribution in [1.29, 1.82) is 5.26 Å². The highest BCUT2D eigenvalue weighted by molar-refractivity contribution is 5.73. The number of halogens is 4. The lowest BCUT2D eigenvalue weighted by molar-refractivity contribution is -0.208. The highest BCUT2D eigenvalue weighted by Crippen LogP contribution is 2.40. The number of nitriles is 1. The summed E-state index contributed by atoms with van der Waals surface area (Å²) in [5, 5.41) is 8.81. The Morgan fingerprint density at radius 2 is 1.69 bits per heavy atom. The molecule has 1 heterocycles. The average molecular weight is 401 g/mol. The van der Waals surface area contributed by atoms with Crippen LogP contribution in [0.5, 0.6) is 0 Å². The smallest absolute Gasteiger partial charge is 0.425 e. The molecule has 0 fully saturated rings. The Labute approximate surface area is 164 Å². The van der Waals surface area contributed by atoms with Crippen molar-refractivity contribution < 1.29 is 22.3 Å². The van der Waals surface area contributed by atoms with Crippen LogP contribution < -0.4 is 5.73 Å². The molecule has 8 heteroatoms. The number of rotatable bonds is 1. The van der Waals surface area contributed by atoms with Crippen LogP contribution in [-0.2, 0) is 10.3 Å². The van der Waals surface area contributed by atoms with E-state index < -0.39 is 36.1 Å². The fraction of sp³-hybridized carbons (Fsp3) is 0.238. The van der Waals surface area contributed by atoms with E-state index in [0.717, 1.165) is 6.07 Å². The number of hydrogen-bond donors (Lipinski definition) is 1. The number of hydrogen-bond acceptors (Lipinski definition) is 4. The zero-order chi connectivity index (χ0) is 21.2. The topological polar surface area (TPSA) is 71.4 Å². The first-order valence-electron chi connectivity index (χ1n) is 8.52. The second-order valence-corrected chi connectivity index (χ2v) is 6.71. The molecule has 0 spiro atoms. The van der Waals surface area contributed by atoms with Gasteiger partial charge < -0.3 is 10.5 Å². The van der Waals surface area contributed by atoms with E-state index in [0.29, 0.717) is 16.7 Å². The third-order valence-corrected chi connectivity index (χ3v) is 4.48. The molecule has 0 aliphatic carbocycles. The summed E-state index contributed by atoms with van der Waals surface area (Å²) in [4.78, 5) is 3.94. The second kappa shape index (κ2) is 7.48. The van der Waals surface area contributed by atoms with Crippen LogP contribution in [-0.4, -0.2) is 18.3 Å². The highest BCUT2D eigenvalue weighted by Gasteiger charge is 2.50. The van der Waals surface area contributed by atoms with Crippen molar-refractivity contribution in [1.82, 2.24) is 0 Å². The number of nitrogens with two attached hydrogens (primary N) is 1. The normalized spacial score (nSPS) is 21.2. The van der Waals surface area contributed by atoms with E-state index in [1.165, 1.54) is 19.1 Å². The number of amidine groups is 1. The van der Waals surface area contributed by atoms with Crippen molar-refractivity contribution in [2.75, 3.05) is 0 Å². The van der Waals surface area contributed by atoms with Gasteiger partial charge in [-0.3, -0.25) is 0 Å². The Bertz CT molecular complexity index is 1060. The van der Waals surface area contributed by atoms with Gasteiger partial charge in [0, 0.05) is 23.1 Å². The summed E-state index contributed by atoms with van der Waals surface area (Å²) in [6.07, 6.45) is -7.45. The lowest BCUT2D eigenvalue weighted by atomic mass is 9.84. The summed E-state index contributed by atoms with van der Waals surface area (Å²) < 4.78 is 58.5. The van der Waals surface area contributed by atoms with Crippen LogP contribution in [0, 0.1) is 29.0 Å². The van der Waals surface area contributed by atoms with E-state index in [1.54, 1.807) is 24.3 Å². The Morgan fingerprint density at radius 1 is 1.10 bits per heavy atom. The lowest BCUT2D eigenvalue weighted by Gasteiger charge is -2.35. The Morgan fingerprint density at radius 3 is 2.31 bits per heavy atom. The number of nitrogens with zero attached hydrogens (tertiary/aromatic N) is 2. The van der Waals surface area contributed by atoms with E-state index in [-0.39, 0.29) is 5.56 Å². The van der Waals surface area contributed by atoms with Crippen LogP contribution in [0.15, 0.2) is 47.5 Å². The number of benzene rings is 2. The Hall–Kier alpha value is -3.52. The van der Waals surface area contributed by atoms with Crippen LogP contribution in [0.1, 0.15) is 35.6 Å². The van der Waals surface area contributed by atoms with Crippen molar-refractivity contribution in [3.8, 4) is 17.9 Å². The molecule has 0 bridgehead atoms. The fourth-order valence-electron chi connectivity index (χ4n) is 3.00. The summed E-state index contributed by atoms with van der Waals surface area (Å²) >= 11 is 0. The molecule has 0 aromatic heterocycles. The van der Waals surface area contributed by atoms with Gasteiger partial charge in [-0.05, 0) is 49.4 Å². The van der Waals surface area contributed by atoms with E-state index in [2.05, 4.69) is 21.6 Å². The SMILES string of the molecule is C[C@]1(c2cc(C#Cc3ccc(C#N)cc3)ccc2F)C[C@@H](C(F)(F)F)OC(N)=N1. The van der Waals surface area contributed by atoms with Gasteiger partial charge in [0.25, 0.3) is 6.02 Å². The van der Waals surface area contributed by atoms with Gasteiger partial charge in [0.15, 0.2) is 6.10 Å². The molecule has 1 aliphatic rings. The molecule has 0 saturated carbocycles. The van der Waals surface area contributed by atoms with Gasteiger partial charge in [-0.25, -0.2) is 9.38 Å². The minimum Gasteiger partial charge on any atom is -0.452 e. The van der Waals surface area contributed by atoms with Gasteiger partial charge >= 0.3 is 6.18 Å². The van der Waals surface area contributed by atoms with Gasteiger partial charge in [-0.1, -0.05) is 11.8 Å². The molecule has 2 N–H and O–H groups in total. The zero-order valence-corrected chi connectivity index (χ0v) is 15.2. The molecule has 148 valence electrons.